The minimum Gasteiger partial charge on any atom is -0.374 e. The fourth-order valence-electron chi connectivity index (χ4n) is 2.27. The molecular formula is C15H9ClF5NO3. The number of alkyl halides is 5. The lowest BCUT2D eigenvalue weighted by atomic mass is 9.80. The van der Waals surface area contributed by atoms with E-state index in [2.05, 4.69) is 0 Å². The molecule has 0 bridgehead atoms. The number of hydrogen-bond donors (Lipinski definition) is 1. The Bertz CT molecular complexity index is 794. The highest BCUT2D eigenvalue weighted by atomic mass is 35.5. The highest BCUT2D eigenvalue weighted by Crippen LogP contribution is 2.52. The summed E-state index contributed by atoms with van der Waals surface area (Å²) in [5, 5.41) is 21.3. The molecule has 0 spiro atoms. The minimum atomic E-state index is -6.12. The molecule has 25 heavy (non-hydrogen) atoms. The number of aliphatic hydroxyl groups is 1. The summed E-state index contributed by atoms with van der Waals surface area (Å²) in [5.41, 5.74) is -6.43. The number of benzene rings is 2. The molecule has 2 aromatic rings. The summed E-state index contributed by atoms with van der Waals surface area (Å²) < 4.78 is 67.3. The van der Waals surface area contributed by atoms with Crippen LogP contribution in [0, 0.1) is 10.1 Å². The molecule has 134 valence electrons. The first-order valence-electron chi connectivity index (χ1n) is 6.59. The second-order valence-corrected chi connectivity index (χ2v) is 5.53. The van der Waals surface area contributed by atoms with Crippen LogP contribution in [-0.2, 0) is 5.60 Å². The molecule has 2 rings (SSSR count). The minimum absolute atomic E-state index is 0.0421. The molecule has 1 N–H and O–H groups in total. The second kappa shape index (κ2) is 6.23. The number of nitro benzene ring substituents is 1. The van der Waals surface area contributed by atoms with E-state index in [1.807, 2.05) is 0 Å². The van der Waals surface area contributed by atoms with Crippen molar-refractivity contribution < 1.29 is 32.0 Å². The van der Waals surface area contributed by atoms with Crippen LogP contribution in [0.4, 0.5) is 27.6 Å². The van der Waals surface area contributed by atoms with Gasteiger partial charge in [0.2, 0.25) is 0 Å². The van der Waals surface area contributed by atoms with Crippen molar-refractivity contribution in [2.45, 2.75) is 17.7 Å². The molecule has 1 atom stereocenters. The third kappa shape index (κ3) is 3.16. The maximum absolute atomic E-state index is 14.2. The summed E-state index contributed by atoms with van der Waals surface area (Å²) in [6, 6.07) is 6.65. The Morgan fingerprint density at radius 3 is 2.00 bits per heavy atom. The van der Waals surface area contributed by atoms with Crippen molar-refractivity contribution in [3.8, 4) is 0 Å². The van der Waals surface area contributed by atoms with Crippen molar-refractivity contribution in [1.29, 1.82) is 0 Å². The number of halogens is 6. The average Bonchev–Trinajstić information content (AvgIpc) is 2.53. The summed E-state index contributed by atoms with van der Waals surface area (Å²) in [5.74, 6) is -5.64. The van der Waals surface area contributed by atoms with Gasteiger partial charge in [0, 0.05) is 22.7 Å². The van der Waals surface area contributed by atoms with Crippen LogP contribution in [0.5, 0.6) is 0 Å². The first-order chi connectivity index (χ1) is 11.4. The van der Waals surface area contributed by atoms with E-state index >= 15 is 0 Å². The van der Waals surface area contributed by atoms with E-state index in [1.165, 1.54) is 0 Å². The molecule has 0 amide bonds. The fourth-order valence-corrected chi connectivity index (χ4v) is 2.40. The quantitative estimate of drug-likeness (QED) is 0.475. The fraction of sp³-hybridized carbons (Fsp3) is 0.200. The standard InChI is InChI=1S/C15H9ClF5NO3/c16-11-6-4-9(5-7-11)13(23,14(17,18)15(19,20)21)10-2-1-3-12(8-10)22(24)25/h1-8,23H. The Morgan fingerprint density at radius 1 is 0.960 bits per heavy atom. The van der Waals surface area contributed by atoms with Crippen molar-refractivity contribution in [2.75, 3.05) is 0 Å². The van der Waals surface area contributed by atoms with Crippen LogP contribution in [0.25, 0.3) is 0 Å². The molecule has 0 radical (unpaired) electrons. The summed E-state index contributed by atoms with van der Waals surface area (Å²) in [4.78, 5) is 9.83. The number of nitro groups is 1. The van der Waals surface area contributed by atoms with Crippen molar-refractivity contribution in [3.05, 3.63) is 74.8 Å². The zero-order valence-corrected chi connectivity index (χ0v) is 12.9. The summed E-state index contributed by atoms with van der Waals surface area (Å²) in [6.07, 6.45) is -6.12. The lowest BCUT2D eigenvalue weighted by Gasteiger charge is -2.37. The van der Waals surface area contributed by atoms with Crippen LogP contribution < -0.4 is 0 Å². The number of hydrogen-bond acceptors (Lipinski definition) is 3. The molecular weight excluding hydrogens is 373 g/mol. The van der Waals surface area contributed by atoms with Crippen LogP contribution >= 0.6 is 11.6 Å². The van der Waals surface area contributed by atoms with E-state index in [-0.39, 0.29) is 5.02 Å². The number of non-ortho nitro benzene ring substituents is 1. The van der Waals surface area contributed by atoms with Crippen molar-refractivity contribution in [2.24, 2.45) is 0 Å². The summed E-state index contributed by atoms with van der Waals surface area (Å²) >= 11 is 5.60. The highest BCUT2D eigenvalue weighted by molar-refractivity contribution is 6.30. The third-order valence-electron chi connectivity index (χ3n) is 3.55. The van der Waals surface area contributed by atoms with Gasteiger partial charge in [0.15, 0.2) is 5.60 Å². The van der Waals surface area contributed by atoms with E-state index in [0.717, 1.165) is 42.5 Å². The van der Waals surface area contributed by atoms with Crippen molar-refractivity contribution in [3.63, 3.8) is 0 Å². The van der Waals surface area contributed by atoms with Gasteiger partial charge < -0.3 is 5.11 Å². The normalized spacial score (nSPS) is 14.8. The van der Waals surface area contributed by atoms with Gasteiger partial charge in [-0.1, -0.05) is 35.9 Å². The van der Waals surface area contributed by atoms with Gasteiger partial charge in [0.1, 0.15) is 0 Å². The number of rotatable bonds is 4. The Hall–Kier alpha value is -2.26. The molecule has 2 aromatic carbocycles. The van der Waals surface area contributed by atoms with E-state index in [1.54, 1.807) is 0 Å². The topological polar surface area (TPSA) is 63.4 Å². The first-order valence-corrected chi connectivity index (χ1v) is 6.97. The molecule has 0 aliphatic heterocycles. The van der Waals surface area contributed by atoms with Crippen LogP contribution in [0.1, 0.15) is 11.1 Å². The molecule has 0 aromatic heterocycles. The van der Waals surface area contributed by atoms with Gasteiger partial charge in [-0.15, -0.1) is 0 Å². The smallest absolute Gasteiger partial charge is 0.374 e. The van der Waals surface area contributed by atoms with Gasteiger partial charge in [-0.05, 0) is 17.7 Å². The lowest BCUT2D eigenvalue weighted by Crippen LogP contribution is -2.55. The van der Waals surface area contributed by atoms with Gasteiger partial charge >= 0.3 is 12.1 Å². The summed E-state index contributed by atoms with van der Waals surface area (Å²) in [7, 11) is 0. The Kier molecular flexibility index (Phi) is 4.75. The van der Waals surface area contributed by atoms with E-state index < -0.39 is 39.4 Å². The van der Waals surface area contributed by atoms with Crippen LogP contribution in [0.2, 0.25) is 5.02 Å². The molecule has 0 aliphatic carbocycles. The van der Waals surface area contributed by atoms with Gasteiger partial charge in [-0.2, -0.15) is 22.0 Å². The molecule has 0 saturated heterocycles. The molecule has 0 fully saturated rings. The van der Waals surface area contributed by atoms with E-state index in [9.17, 15) is 37.2 Å². The lowest BCUT2D eigenvalue weighted by molar-refractivity contribution is -0.385. The van der Waals surface area contributed by atoms with Crippen molar-refractivity contribution in [1.82, 2.24) is 0 Å². The second-order valence-electron chi connectivity index (χ2n) is 5.10. The van der Waals surface area contributed by atoms with Crippen molar-refractivity contribution >= 4 is 17.3 Å². The Morgan fingerprint density at radius 2 is 1.52 bits per heavy atom. The highest BCUT2D eigenvalue weighted by Gasteiger charge is 2.71. The molecule has 1 unspecified atom stereocenters. The SMILES string of the molecule is O=[N+]([O-])c1cccc(C(O)(c2ccc(Cl)cc2)C(F)(F)C(F)(F)F)c1. The molecule has 0 aliphatic rings. The Balaban J connectivity index is 2.79. The number of nitrogens with zero attached hydrogens (tertiary/aromatic N) is 1. The molecule has 0 saturated carbocycles. The van der Waals surface area contributed by atoms with Gasteiger partial charge in [0.05, 0.1) is 4.92 Å². The predicted octanol–water partition coefficient (Wildman–Crippen LogP) is 4.68. The van der Waals surface area contributed by atoms with Gasteiger partial charge in [0.25, 0.3) is 5.69 Å². The maximum Gasteiger partial charge on any atom is 0.457 e. The zero-order valence-electron chi connectivity index (χ0n) is 12.1. The summed E-state index contributed by atoms with van der Waals surface area (Å²) in [6.45, 7) is 0. The monoisotopic (exact) mass is 381 g/mol. The third-order valence-corrected chi connectivity index (χ3v) is 3.80. The molecule has 10 heteroatoms. The van der Waals surface area contributed by atoms with Crippen LogP contribution in [0.15, 0.2) is 48.5 Å². The van der Waals surface area contributed by atoms with Crippen LogP contribution in [-0.4, -0.2) is 22.1 Å². The molecule has 0 heterocycles. The van der Waals surface area contributed by atoms with E-state index in [0.29, 0.717) is 6.07 Å². The first kappa shape index (κ1) is 19.1. The maximum atomic E-state index is 14.2. The zero-order chi connectivity index (χ0) is 19.0. The van der Waals surface area contributed by atoms with Crippen LogP contribution in [0.3, 0.4) is 0 Å². The predicted molar refractivity (Wildman–Crippen MR) is 78.5 cm³/mol. The van der Waals surface area contributed by atoms with Gasteiger partial charge in [-0.3, -0.25) is 10.1 Å². The molecule has 4 nitrogen and oxygen atoms in total. The Labute approximate surface area is 142 Å². The largest absolute Gasteiger partial charge is 0.457 e. The van der Waals surface area contributed by atoms with Gasteiger partial charge in [-0.25, -0.2) is 0 Å². The average molecular weight is 382 g/mol. The van der Waals surface area contributed by atoms with E-state index in [4.69, 9.17) is 11.6 Å².